The Morgan fingerprint density at radius 2 is 1.88 bits per heavy atom. The van der Waals surface area contributed by atoms with Crippen molar-refractivity contribution in [3.63, 3.8) is 0 Å². The summed E-state index contributed by atoms with van der Waals surface area (Å²) >= 11 is 0. The predicted octanol–water partition coefficient (Wildman–Crippen LogP) is 2.80. The first-order chi connectivity index (χ1) is 7.66. The van der Waals surface area contributed by atoms with Crippen molar-refractivity contribution in [3.8, 4) is 0 Å². The van der Waals surface area contributed by atoms with Crippen LogP contribution in [0.3, 0.4) is 0 Å². The van der Waals surface area contributed by atoms with Crippen LogP contribution in [-0.2, 0) is 4.74 Å². The zero-order chi connectivity index (χ0) is 11.5. The van der Waals surface area contributed by atoms with Gasteiger partial charge in [0.2, 0.25) is 0 Å². The van der Waals surface area contributed by atoms with E-state index < -0.39 is 0 Å². The molecule has 1 aromatic rings. The highest BCUT2D eigenvalue weighted by atomic mass is 16.5. The van der Waals surface area contributed by atoms with E-state index in [-0.39, 0.29) is 0 Å². The summed E-state index contributed by atoms with van der Waals surface area (Å²) in [5.74, 6) is 0. The number of amidine groups is 1. The van der Waals surface area contributed by atoms with Gasteiger partial charge >= 0.3 is 0 Å². The van der Waals surface area contributed by atoms with Gasteiger partial charge < -0.3 is 10.1 Å². The van der Waals surface area contributed by atoms with Gasteiger partial charge in [0.1, 0.15) is 0 Å². The van der Waals surface area contributed by atoms with E-state index in [0.717, 1.165) is 25.3 Å². The first-order valence-electron chi connectivity index (χ1n) is 5.69. The Labute approximate surface area is 96.5 Å². The van der Waals surface area contributed by atoms with E-state index in [1.165, 1.54) is 16.7 Å². The molecular weight excluding hydrogens is 200 g/mol. The van der Waals surface area contributed by atoms with E-state index in [9.17, 15) is 0 Å². The van der Waals surface area contributed by atoms with E-state index in [4.69, 9.17) is 4.74 Å². The van der Waals surface area contributed by atoms with Crippen molar-refractivity contribution in [3.05, 3.63) is 28.8 Å². The number of aryl methyl sites for hydroxylation is 3. The van der Waals surface area contributed by atoms with Gasteiger partial charge in [0.25, 0.3) is 6.02 Å². The average Bonchev–Trinajstić information content (AvgIpc) is 2.25. The number of nitrogens with zero attached hydrogens (tertiary/aromatic N) is 1. The van der Waals surface area contributed by atoms with Crippen LogP contribution in [0.25, 0.3) is 0 Å². The number of benzene rings is 1. The predicted molar refractivity (Wildman–Crippen MR) is 67.1 cm³/mol. The number of anilines is 1. The summed E-state index contributed by atoms with van der Waals surface area (Å²) in [6, 6.07) is 4.98. The molecule has 0 spiro atoms. The standard InChI is InChI=1S/C13H18N2O/c1-9-7-10(2)12(11(3)8-9)15-13-14-5-4-6-16-13/h7-8H,4-6H2,1-3H3,(H,14,15). The molecule has 1 heterocycles. The van der Waals surface area contributed by atoms with Crippen molar-refractivity contribution in [1.29, 1.82) is 0 Å². The van der Waals surface area contributed by atoms with Crippen molar-refractivity contribution in [2.24, 2.45) is 4.99 Å². The molecule has 0 fully saturated rings. The molecule has 0 unspecified atom stereocenters. The van der Waals surface area contributed by atoms with Gasteiger partial charge in [0.15, 0.2) is 0 Å². The highest BCUT2D eigenvalue weighted by Crippen LogP contribution is 2.22. The highest BCUT2D eigenvalue weighted by molar-refractivity contribution is 5.91. The molecule has 1 aliphatic heterocycles. The maximum Gasteiger partial charge on any atom is 0.289 e. The van der Waals surface area contributed by atoms with Crippen LogP contribution in [0.15, 0.2) is 17.1 Å². The van der Waals surface area contributed by atoms with Crippen LogP contribution in [0.4, 0.5) is 5.69 Å². The summed E-state index contributed by atoms with van der Waals surface area (Å²) in [6.07, 6.45) is 1.01. The number of nitrogens with one attached hydrogen (secondary N) is 1. The molecule has 1 aromatic carbocycles. The molecule has 86 valence electrons. The fraction of sp³-hybridized carbons (Fsp3) is 0.462. The number of rotatable bonds is 1. The fourth-order valence-electron chi connectivity index (χ4n) is 2.02. The molecule has 0 bridgehead atoms. The maximum atomic E-state index is 5.46. The molecule has 0 saturated carbocycles. The monoisotopic (exact) mass is 218 g/mol. The molecular formula is C13H18N2O. The molecule has 0 saturated heterocycles. The highest BCUT2D eigenvalue weighted by Gasteiger charge is 2.09. The molecule has 3 heteroatoms. The first kappa shape index (κ1) is 11.0. The Morgan fingerprint density at radius 1 is 1.19 bits per heavy atom. The van der Waals surface area contributed by atoms with Crippen LogP contribution in [-0.4, -0.2) is 19.2 Å². The lowest BCUT2D eigenvalue weighted by molar-refractivity contribution is 0.282. The van der Waals surface area contributed by atoms with E-state index in [1.807, 2.05) is 0 Å². The molecule has 0 atom stereocenters. The summed E-state index contributed by atoms with van der Waals surface area (Å²) in [6.45, 7) is 7.93. The Morgan fingerprint density at radius 3 is 2.44 bits per heavy atom. The third-order valence-electron chi connectivity index (χ3n) is 2.71. The summed E-state index contributed by atoms with van der Waals surface area (Å²) < 4.78 is 5.46. The lowest BCUT2D eigenvalue weighted by Gasteiger charge is -2.18. The van der Waals surface area contributed by atoms with Crippen LogP contribution >= 0.6 is 0 Å². The minimum Gasteiger partial charge on any atom is -0.465 e. The van der Waals surface area contributed by atoms with Crippen molar-refractivity contribution < 1.29 is 4.74 Å². The normalized spacial score (nSPS) is 15.3. The van der Waals surface area contributed by atoms with Crippen LogP contribution in [0, 0.1) is 20.8 Å². The number of hydrogen-bond acceptors (Lipinski definition) is 3. The topological polar surface area (TPSA) is 33.6 Å². The lowest BCUT2D eigenvalue weighted by atomic mass is 10.1. The molecule has 16 heavy (non-hydrogen) atoms. The van der Waals surface area contributed by atoms with Crippen LogP contribution < -0.4 is 5.32 Å². The van der Waals surface area contributed by atoms with E-state index in [2.05, 4.69) is 43.2 Å². The Balaban J connectivity index is 2.24. The summed E-state index contributed by atoms with van der Waals surface area (Å²) in [5.41, 5.74) is 4.86. The first-order valence-corrected chi connectivity index (χ1v) is 5.69. The van der Waals surface area contributed by atoms with E-state index in [1.54, 1.807) is 0 Å². The molecule has 3 nitrogen and oxygen atoms in total. The van der Waals surface area contributed by atoms with Gasteiger partial charge in [-0.3, -0.25) is 0 Å². The minimum absolute atomic E-state index is 0.654. The smallest absolute Gasteiger partial charge is 0.289 e. The fourth-order valence-corrected chi connectivity index (χ4v) is 2.02. The Kier molecular flexibility index (Phi) is 3.13. The van der Waals surface area contributed by atoms with E-state index >= 15 is 0 Å². The van der Waals surface area contributed by atoms with Gasteiger partial charge in [-0.2, -0.15) is 0 Å². The summed E-state index contributed by atoms with van der Waals surface area (Å²) in [7, 11) is 0. The molecule has 0 aliphatic carbocycles. The van der Waals surface area contributed by atoms with Gasteiger partial charge in [0, 0.05) is 18.7 Å². The van der Waals surface area contributed by atoms with Gasteiger partial charge in [-0.25, -0.2) is 4.99 Å². The minimum atomic E-state index is 0.654. The molecule has 1 N–H and O–H groups in total. The van der Waals surface area contributed by atoms with Crippen LogP contribution in [0.5, 0.6) is 0 Å². The quantitative estimate of drug-likeness (QED) is 0.786. The van der Waals surface area contributed by atoms with Crippen LogP contribution in [0.2, 0.25) is 0 Å². The zero-order valence-corrected chi connectivity index (χ0v) is 10.1. The van der Waals surface area contributed by atoms with Crippen molar-refractivity contribution in [1.82, 2.24) is 0 Å². The number of hydrogen-bond donors (Lipinski definition) is 1. The molecule has 1 aliphatic rings. The van der Waals surface area contributed by atoms with Gasteiger partial charge in [-0.1, -0.05) is 17.7 Å². The second kappa shape index (κ2) is 4.56. The Hall–Kier alpha value is -1.51. The Bertz CT molecular complexity index is 401. The second-order valence-corrected chi connectivity index (χ2v) is 4.29. The largest absolute Gasteiger partial charge is 0.465 e. The van der Waals surface area contributed by atoms with Crippen LogP contribution in [0.1, 0.15) is 23.1 Å². The third kappa shape index (κ3) is 2.35. The zero-order valence-electron chi connectivity index (χ0n) is 10.1. The van der Waals surface area contributed by atoms with E-state index in [0.29, 0.717) is 6.02 Å². The average molecular weight is 218 g/mol. The van der Waals surface area contributed by atoms with Gasteiger partial charge in [-0.15, -0.1) is 0 Å². The molecule has 2 rings (SSSR count). The van der Waals surface area contributed by atoms with Crippen molar-refractivity contribution in [2.45, 2.75) is 27.2 Å². The molecule has 0 radical (unpaired) electrons. The second-order valence-electron chi connectivity index (χ2n) is 4.29. The molecule has 0 aromatic heterocycles. The van der Waals surface area contributed by atoms with Gasteiger partial charge in [0.05, 0.1) is 6.61 Å². The number of ether oxygens (including phenoxy) is 1. The lowest BCUT2D eigenvalue weighted by Crippen LogP contribution is -2.22. The van der Waals surface area contributed by atoms with Crippen molar-refractivity contribution in [2.75, 3.05) is 18.5 Å². The SMILES string of the molecule is Cc1cc(C)c(NC2=NCCCO2)c(C)c1. The summed E-state index contributed by atoms with van der Waals surface area (Å²) in [4.78, 5) is 4.31. The van der Waals surface area contributed by atoms with Crippen molar-refractivity contribution >= 4 is 11.7 Å². The van der Waals surface area contributed by atoms with Gasteiger partial charge in [-0.05, 0) is 31.9 Å². The summed E-state index contributed by atoms with van der Waals surface area (Å²) in [5, 5.41) is 3.27. The number of aliphatic imine (C=N–C) groups is 1. The maximum absolute atomic E-state index is 5.46. The molecule has 0 amide bonds. The third-order valence-corrected chi connectivity index (χ3v) is 2.71.